The monoisotopic (exact) mass is 177 g/mol. The fourth-order valence-corrected chi connectivity index (χ4v) is 2.56. The van der Waals surface area contributed by atoms with Crippen LogP contribution in [-0.2, 0) is 0 Å². The van der Waals surface area contributed by atoms with Gasteiger partial charge in [-0.25, -0.2) is 0 Å². The van der Waals surface area contributed by atoms with Crippen molar-refractivity contribution < 1.29 is 4.92 Å². The first kappa shape index (κ1) is 8.78. The Morgan fingerprint density at radius 2 is 1.45 bits per heavy atom. The van der Waals surface area contributed by atoms with Gasteiger partial charge in [0.15, 0.2) is 0 Å². The molecule has 0 amide bonds. The molecule has 2 rings (SSSR count). The quantitative estimate of drug-likeness (QED) is 0.453. The maximum absolute atomic E-state index is 10.5. The minimum absolute atomic E-state index is 0. The van der Waals surface area contributed by atoms with Crippen LogP contribution in [0.5, 0.6) is 0 Å². The number of nitro groups is 1. The van der Waals surface area contributed by atoms with E-state index >= 15 is 0 Å². The zero-order valence-corrected chi connectivity index (χ0v) is 7.05. The van der Waals surface area contributed by atoms with Crippen LogP contribution < -0.4 is 0 Å². The Morgan fingerprint density at radius 1 is 1.09 bits per heavy atom. The second-order valence-electron chi connectivity index (χ2n) is 3.45. The van der Waals surface area contributed by atoms with Crippen LogP contribution in [0.15, 0.2) is 0 Å². The maximum Gasteiger partial charge on any atom is 0.218 e. The van der Waals surface area contributed by atoms with E-state index in [0.29, 0.717) is 11.8 Å². The first-order chi connectivity index (χ1) is 4.79. The number of nitrogens with zero attached hydrogens (tertiary/aromatic N) is 1. The Labute approximate surface area is 71.7 Å². The van der Waals surface area contributed by atoms with Crippen molar-refractivity contribution in [3.05, 3.63) is 10.1 Å². The SMILES string of the molecule is Cl.O=[N+]([O-])C1C2CCC1CC2. The molecular weight excluding hydrogens is 166 g/mol. The van der Waals surface area contributed by atoms with Gasteiger partial charge in [0.25, 0.3) is 0 Å². The molecule has 0 unspecified atom stereocenters. The molecule has 64 valence electrons. The van der Waals surface area contributed by atoms with Crippen molar-refractivity contribution in [3.63, 3.8) is 0 Å². The van der Waals surface area contributed by atoms with E-state index in [4.69, 9.17) is 0 Å². The summed E-state index contributed by atoms with van der Waals surface area (Å²) in [7, 11) is 0. The van der Waals surface area contributed by atoms with E-state index in [2.05, 4.69) is 0 Å². The number of hydrogen-bond donors (Lipinski definition) is 0. The van der Waals surface area contributed by atoms with Gasteiger partial charge in [-0.3, -0.25) is 10.1 Å². The van der Waals surface area contributed by atoms with E-state index in [1.165, 1.54) is 0 Å². The number of halogens is 1. The van der Waals surface area contributed by atoms with Crippen molar-refractivity contribution in [3.8, 4) is 0 Å². The minimum atomic E-state index is -0.167. The molecule has 2 fully saturated rings. The van der Waals surface area contributed by atoms with Crippen LogP contribution in [0.25, 0.3) is 0 Å². The highest BCUT2D eigenvalue weighted by Gasteiger charge is 2.49. The van der Waals surface area contributed by atoms with E-state index in [-0.39, 0.29) is 23.4 Å². The second kappa shape index (κ2) is 2.97. The number of rotatable bonds is 1. The first-order valence-electron chi connectivity index (χ1n) is 3.92. The van der Waals surface area contributed by atoms with Crippen LogP contribution in [0.1, 0.15) is 25.7 Å². The van der Waals surface area contributed by atoms with Crippen molar-refractivity contribution in [2.45, 2.75) is 31.7 Å². The minimum Gasteiger partial charge on any atom is -0.264 e. The van der Waals surface area contributed by atoms with E-state index in [1.54, 1.807) is 0 Å². The molecule has 2 saturated carbocycles. The van der Waals surface area contributed by atoms with Gasteiger partial charge in [0.1, 0.15) is 0 Å². The topological polar surface area (TPSA) is 43.1 Å². The molecule has 0 aromatic heterocycles. The van der Waals surface area contributed by atoms with Crippen LogP contribution in [0.2, 0.25) is 0 Å². The van der Waals surface area contributed by atoms with Crippen molar-refractivity contribution in [2.75, 3.05) is 0 Å². The van der Waals surface area contributed by atoms with Crippen molar-refractivity contribution in [1.29, 1.82) is 0 Å². The van der Waals surface area contributed by atoms with E-state index in [0.717, 1.165) is 25.7 Å². The molecule has 0 saturated heterocycles. The number of hydrogen-bond acceptors (Lipinski definition) is 2. The molecule has 3 nitrogen and oxygen atoms in total. The van der Waals surface area contributed by atoms with Crippen LogP contribution in [0.4, 0.5) is 0 Å². The lowest BCUT2D eigenvalue weighted by Crippen LogP contribution is -2.23. The highest BCUT2D eigenvalue weighted by molar-refractivity contribution is 5.85. The summed E-state index contributed by atoms with van der Waals surface area (Å²) >= 11 is 0. The summed E-state index contributed by atoms with van der Waals surface area (Å²) in [6.07, 6.45) is 4.43. The molecule has 0 spiro atoms. The number of fused-ring (bicyclic) bond motifs is 2. The van der Waals surface area contributed by atoms with Gasteiger partial charge in [-0.1, -0.05) is 0 Å². The van der Waals surface area contributed by atoms with Gasteiger partial charge in [-0.2, -0.15) is 0 Å². The third-order valence-corrected chi connectivity index (χ3v) is 3.03. The summed E-state index contributed by atoms with van der Waals surface area (Å²) in [6.45, 7) is 0. The molecule has 0 aliphatic heterocycles. The molecule has 0 aromatic carbocycles. The van der Waals surface area contributed by atoms with Crippen LogP contribution in [0.3, 0.4) is 0 Å². The molecular formula is C7H12ClNO2. The summed E-state index contributed by atoms with van der Waals surface area (Å²) in [4.78, 5) is 10.4. The third kappa shape index (κ3) is 1.22. The average Bonchev–Trinajstić information content (AvgIpc) is 2.43. The lowest BCUT2D eigenvalue weighted by atomic mass is 10.0. The molecule has 2 bridgehead atoms. The Balaban J connectivity index is 0.000000605. The van der Waals surface area contributed by atoms with Crippen LogP contribution in [0, 0.1) is 22.0 Å². The first-order valence-corrected chi connectivity index (χ1v) is 3.92. The molecule has 0 heterocycles. The fourth-order valence-electron chi connectivity index (χ4n) is 2.56. The third-order valence-electron chi connectivity index (χ3n) is 3.03. The van der Waals surface area contributed by atoms with Gasteiger partial charge < -0.3 is 0 Å². The zero-order valence-electron chi connectivity index (χ0n) is 6.23. The molecule has 0 atom stereocenters. The normalized spacial score (nSPS) is 40.2. The van der Waals surface area contributed by atoms with Crippen molar-refractivity contribution >= 4 is 12.4 Å². The summed E-state index contributed by atoms with van der Waals surface area (Å²) in [5.41, 5.74) is 0. The largest absolute Gasteiger partial charge is 0.264 e. The summed E-state index contributed by atoms with van der Waals surface area (Å²) < 4.78 is 0. The zero-order chi connectivity index (χ0) is 7.14. The highest BCUT2D eigenvalue weighted by Crippen LogP contribution is 2.45. The lowest BCUT2D eigenvalue weighted by molar-refractivity contribution is -0.531. The Bertz CT molecular complexity index is 154. The molecule has 0 aromatic rings. The van der Waals surface area contributed by atoms with Gasteiger partial charge in [0.05, 0.1) is 0 Å². The van der Waals surface area contributed by atoms with Crippen LogP contribution in [-0.4, -0.2) is 11.0 Å². The summed E-state index contributed by atoms with van der Waals surface area (Å²) in [5, 5.41) is 10.5. The Kier molecular flexibility index (Phi) is 2.37. The van der Waals surface area contributed by atoms with E-state index in [1.807, 2.05) is 0 Å². The molecule has 4 heteroatoms. The molecule has 0 N–H and O–H groups in total. The van der Waals surface area contributed by atoms with Gasteiger partial charge in [0.2, 0.25) is 6.04 Å². The Hall–Kier alpha value is -0.310. The van der Waals surface area contributed by atoms with Crippen molar-refractivity contribution in [2.24, 2.45) is 11.8 Å². The summed E-state index contributed by atoms with van der Waals surface area (Å²) in [5.74, 6) is 0.861. The fraction of sp³-hybridized carbons (Fsp3) is 1.00. The highest BCUT2D eigenvalue weighted by atomic mass is 35.5. The Morgan fingerprint density at radius 3 is 1.64 bits per heavy atom. The molecule has 11 heavy (non-hydrogen) atoms. The lowest BCUT2D eigenvalue weighted by Gasteiger charge is -2.04. The van der Waals surface area contributed by atoms with Gasteiger partial charge in [-0.05, 0) is 25.7 Å². The second-order valence-corrected chi connectivity index (χ2v) is 3.45. The standard InChI is InChI=1S/C7H11NO2.ClH/c9-8(10)7-5-1-2-6(7)4-3-5;/h5-7H,1-4H2;1H. The average molecular weight is 178 g/mol. The van der Waals surface area contributed by atoms with Gasteiger partial charge in [0, 0.05) is 16.8 Å². The molecule has 2 aliphatic carbocycles. The smallest absolute Gasteiger partial charge is 0.218 e. The predicted octanol–water partition coefficient (Wildman–Crippen LogP) is 1.87. The van der Waals surface area contributed by atoms with Crippen LogP contribution >= 0.6 is 12.4 Å². The van der Waals surface area contributed by atoms with Gasteiger partial charge in [-0.15, -0.1) is 12.4 Å². The molecule has 2 aliphatic rings. The van der Waals surface area contributed by atoms with Gasteiger partial charge >= 0.3 is 0 Å². The summed E-state index contributed by atoms with van der Waals surface area (Å²) in [6, 6.07) is -0.167. The maximum atomic E-state index is 10.5. The van der Waals surface area contributed by atoms with E-state index in [9.17, 15) is 10.1 Å². The predicted molar refractivity (Wildman–Crippen MR) is 43.5 cm³/mol. The molecule has 0 radical (unpaired) electrons. The van der Waals surface area contributed by atoms with Crippen molar-refractivity contribution in [1.82, 2.24) is 0 Å². The van der Waals surface area contributed by atoms with E-state index < -0.39 is 0 Å².